The molecule has 0 aliphatic heterocycles. The number of aromatic nitrogens is 1. The molecule has 2 aromatic rings. The van der Waals surface area contributed by atoms with Crippen LogP contribution in [0.5, 0.6) is 0 Å². The Balaban J connectivity index is 1.36. The van der Waals surface area contributed by atoms with Gasteiger partial charge in [-0.15, -0.1) is 11.8 Å². The molecule has 1 heterocycles. The van der Waals surface area contributed by atoms with Crippen molar-refractivity contribution >= 4 is 17.3 Å². The zero-order valence-corrected chi connectivity index (χ0v) is 19.2. The number of benzene rings is 1. The SMILES string of the molecule is C=C(CCC1(CCC)Cc2ccccc2C1N)c1ccc(SCC2CCCC2)cn1. The quantitative estimate of drug-likeness (QED) is 0.436. The van der Waals surface area contributed by atoms with Crippen LogP contribution >= 0.6 is 11.8 Å². The Hall–Kier alpha value is -1.58. The van der Waals surface area contributed by atoms with Crippen molar-refractivity contribution in [2.24, 2.45) is 17.1 Å². The lowest BCUT2D eigenvalue weighted by molar-refractivity contribution is 0.206. The van der Waals surface area contributed by atoms with Gasteiger partial charge in [0.2, 0.25) is 0 Å². The van der Waals surface area contributed by atoms with Gasteiger partial charge in [-0.25, -0.2) is 0 Å². The van der Waals surface area contributed by atoms with Gasteiger partial charge in [0.1, 0.15) is 0 Å². The average molecular weight is 421 g/mol. The van der Waals surface area contributed by atoms with Gasteiger partial charge in [0, 0.05) is 22.9 Å². The predicted octanol–water partition coefficient (Wildman–Crippen LogP) is 7.20. The highest BCUT2D eigenvalue weighted by molar-refractivity contribution is 7.99. The monoisotopic (exact) mass is 420 g/mol. The molecule has 2 atom stereocenters. The van der Waals surface area contributed by atoms with E-state index in [-0.39, 0.29) is 11.5 Å². The first kappa shape index (κ1) is 21.6. The van der Waals surface area contributed by atoms with E-state index in [0.717, 1.165) is 36.4 Å². The maximum Gasteiger partial charge on any atom is 0.0656 e. The van der Waals surface area contributed by atoms with E-state index in [1.165, 1.54) is 60.3 Å². The fourth-order valence-electron chi connectivity index (χ4n) is 5.52. The Kier molecular flexibility index (Phi) is 7.00. The Morgan fingerprint density at radius 2 is 1.97 bits per heavy atom. The van der Waals surface area contributed by atoms with Gasteiger partial charge in [-0.05, 0) is 78.7 Å². The summed E-state index contributed by atoms with van der Waals surface area (Å²) in [6.45, 7) is 6.65. The highest BCUT2D eigenvalue weighted by Gasteiger charge is 2.42. The molecule has 0 radical (unpaired) electrons. The number of nitrogens with two attached hydrogens (primary N) is 1. The maximum absolute atomic E-state index is 6.79. The Labute approximate surface area is 186 Å². The fraction of sp³-hybridized carbons (Fsp3) is 0.519. The van der Waals surface area contributed by atoms with Crippen LogP contribution in [0.3, 0.4) is 0 Å². The molecule has 1 saturated carbocycles. The number of nitrogens with zero attached hydrogens (tertiary/aromatic N) is 1. The second-order valence-electron chi connectivity index (χ2n) is 9.41. The lowest BCUT2D eigenvalue weighted by atomic mass is 9.73. The number of pyridine rings is 1. The van der Waals surface area contributed by atoms with Crippen molar-refractivity contribution in [1.29, 1.82) is 0 Å². The normalized spacial score (nSPS) is 23.6. The molecule has 0 bridgehead atoms. The molecule has 0 spiro atoms. The first-order valence-corrected chi connectivity index (χ1v) is 12.7. The van der Waals surface area contributed by atoms with E-state index in [0.29, 0.717) is 0 Å². The number of thioether (sulfide) groups is 1. The predicted molar refractivity (Wildman–Crippen MR) is 130 cm³/mol. The molecule has 2 N–H and O–H groups in total. The molecule has 0 amide bonds. The van der Waals surface area contributed by atoms with Crippen LogP contribution in [0.1, 0.15) is 81.2 Å². The number of fused-ring (bicyclic) bond motifs is 1. The molecule has 1 aromatic carbocycles. The van der Waals surface area contributed by atoms with Crippen LogP contribution in [0.2, 0.25) is 0 Å². The third-order valence-electron chi connectivity index (χ3n) is 7.32. The molecule has 2 nitrogen and oxygen atoms in total. The topological polar surface area (TPSA) is 38.9 Å². The van der Waals surface area contributed by atoms with E-state index in [2.05, 4.69) is 49.9 Å². The summed E-state index contributed by atoms with van der Waals surface area (Å²) in [6.07, 6.45) is 13.1. The van der Waals surface area contributed by atoms with Crippen molar-refractivity contribution < 1.29 is 0 Å². The smallest absolute Gasteiger partial charge is 0.0656 e. The number of allylic oxidation sites excluding steroid dienone is 1. The molecule has 30 heavy (non-hydrogen) atoms. The third kappa shape index (κ3) is 4.68. The second-order valence-corrected chi connectivity index (χ2v) is 10.5. The summed E-state index contributed by atoms with van der Waals surface area (Å²) in [4.78, 5) is 6.03. The second kappa shape index (κ2) is 9.70. The third-order valence-corrected chi connectivity index (χ3v) is 8.54. The zero-order valence-electron chi connectivity index (χ0n) is 18.4. The summed E-state index contributed by atoms with van der Waals surface area (Å²) in [5.41, 5.74) is 11.9. The summed E-state index contributed by atoms with van der Waals surface area (Å²) in [6, 6.07) is 13.3. The molecule has 3 heteroatoms. The van der Waals surface area contributed by atoms with E-state index >= 15 is 0 Å². The standard InChI is InChI=1S/C27H36N2S/c1-3-15-27(17-22-10-6-7-11-24(22)26(27)28)16-14-20(2)25-13-12-23(18-29-25)30-19-21-8-4-5-9-21/h6-7,10-13,18,21,26H,2-5,8-9,14-17,19,28H2,1H3. The van der Waals surface area contributed by atoms with Crippen LogP contribution in [-0.4, -0.2) is 10.7 Å². The van der Waals surface area contributed by atoms with Crippen LogP contribution in [0.25, 0.3) is 5.57 Å². The largest absolute Gasteiger partial charge is 0.323 e. The van der Waals surface area contributed by atoms with Gasteiger partial charge in [-0.1, -0.05) is 57.0 Å². The molecule has 2 unspecified atom stereocenters. The molecule has 2 aliphatic rings. The van der Waals surface area contributed by atoms with Crippen LogP contribution in [0, 0.1) is 11.3 Å². The first-order valence-electron chi connectivity index (χ1n) is 11.7. The van der Waals surface area contributed by atoms with Crippen molar-refractivity contribution in [2.75, 3.05) is 5.75 Å². The first-order chi connectivity index (χ1) is 14.6. The lowest BCUT2D eigenvalue weighted by Crippen LogP contribution is -2.31. The summed E-state index contributed by atoms with van der Waals surface area (Å²) < 4.78 is 0. The highest BCUT2D eigenvalue weighted by Crippen LogP contribution is 2.51. The minimum atomic E-state index is 0.128. The summed E-state index contributed by atoms with van der Waals surface area (Å²) >= 11 is 1.96. The van der Waals surface area contributed by atoms with Gasteiger partial charge in [0.25, 0.3) is 0 Å². The number of hydrogen-bond donors (Lipinski definition) is 1. The van der Waals surface area contributed by atoms with Gasteiger partial charge in [0.15, 0.2) is 0 Å². The van der Waals surface area contributed by atoms with Gasteiger partial charge < -0.3 is 5.73 Å². The molecule has 0 saturated heterocycles. The Morgan fingerprint density at radius 3 is 2.67 bits per heavy atom. The molecule has 2 aliphatic carbocycles. The van der Waals surface area contributed by atoms with E-state index in [4.69, 9.17) is 10.7 Å². The van der Waals surface area contributed by atoms with E-state index in [1.807, 2.05) is 18.0 Å². The van der Waals surface area contributed by atoms with Crippen LogP contribution < -0.4 is 5.73 Å². The zero-order chi connectivity index (χ0) is 21.0. The van der Waals surface area contributed by atoms with Gasteiger partial charge in [-0.3, -0.25) is 4.98 Å². The highest BCUT2D eigenvalue weighted by atomic mass is 32.2. The molecule has 1 fully saturated rings. The minimum Gasteiger partial charge on any atom is -0.323 e. The van der Waals surface area contributed by atoms with Crippen LogP contribution in [0.4, 0.5) is 0 Å². The Morgan fingerprint density at radius 1 is 1.17 bits per heavy atom. The van der Waals surface area contributed by atoms with E-state index in [9.17, 15) is 0 Å². The molecular formula is C27H36N2S. The van der Waals surface area contributed by atoms with Crippen molar-refractivity contribution in [3.05, 3.63) is 66.0 Å². The number of rotatable bonds is 9. The van der Waals surface area contributed by atoms with Gasteiger partial charge in [0.05, 0.1) is 5.69 Å². The lowest BCUT2D eigenvalue weighted by Gasteiger charge is -2.34. The van der Waals surface area contributed by atoms with Crippen molar-refractivity contribution in [3.8, 4) is 0 Å². The van der Waals surface area contributed by atoms with Gasteiger partial charge in [-0.2, -0.15) is 0 Å². The van der Waals surface area contributed by atoms with Crippen LogP contribution in [-0.2, 0) is 6.42 Å². The maximum atomic E-state index is 6.79. The molecule has 160 valence electrons. The van der Waals surface area contributed by atoms with Crippen molar-refractivity contribution in [3.63, 3.8) is 0 Å². The minimum absolute atomic E-state index is 0.128. The van der Waals surface area contributed by atoms with Crippen LogP contribution in [0.15, 0.2) is 54.1 Å². The fourth-order valence-corrected chi connectivity index (χ4v) is 6.58. The molecular weight excluding hydrogens is 384 g/mol. The molecule has 4 rings (SSSR count). The van der Waals surface area contributed by atoms with Crippen molar-refractivity contribution in [2.45, 2.75) is 75.6 Å². The average Bonchev–Trinajstić information content (AvgIpc) is 3.38. The summed E-state index contributed by atoms with van der Waals surface area (Å²) in [5, 5.41) is 0. The van der Waals surface area contributed by atoms with E-state index in [1.54, 1.807) is 0 Å². The van der Waals surface area contributed by atoms with E-state index < -0.39 is 0 Å². The Bertz CT molecular complexity index is 853. The van der Waals surface area contributed by atoms with Gasteiger partial charge >= 0.3 is 0 Å². The number of hydrogen-bond acceptors (Lipinski definition) is 3. The summed E-state index contributed by atoms with van der Waals surface area (Å²) in [5.74, 6) is 2.14. The van der Waals surface area contributed by atoms with Crippen molar-refractivity contribution in [1.82, 2.24) is 4.98 Å². The summed E-state index contributed by atoms with van der Waals surface area (Å²) in [7, 11) is 0. The molecule has 1 aromatic heterocycles.